The maximum Gasteiger partial charge on any atom is 0.354 e. The van der Waals surface area contributed by atoms with Gasteiger partial charge in [-0.05, 0) is 12.1 Å². The van der Waals surface area contributed by atoms with Crippen LogP contribution in [0.2, 0.25) is 0 Å². The van der Waals surface area contributed by atoms with E-state index in [0.717, 1.165) is 0 Å². The minimum atomic E-state index is -1.10. The van der Waals surface area contributed by atoms with Crippen molar-refractivity contribution in [1.29, 1.82) is 0 Å². The summed E-state index contributed by atoms with van der Waals surface area (Å²) in [7, 11) is 0. The van der Waals surface area contributed by atoms with E-state index in [0.29, 0.717) is 5.82 Å². The smallest absolute Gasteiger partial charge is 0.354 e. The maximum absolute atomic E-state index is 10.7. The minimum absolute atomic E-state index is 0.0478. The molecule has 0 amide bonds. The van der Waals surface area contributed by atoms with Crippen molar-refractivity contribution >= 4 is 11.8 Å². The molecule has 0 bridgehead atoms. The van der Waals surface area contributed by atoms with Crippen LogP contribution in [0.1, 0.15) is 10.5 Å². The first-order chi connectivity index (χ1) is 7.58. The highest BCUT2D eigenvalue weighted by atomic mass is 16.4. The molecule has 16 heavy (non-hydrogen) atoms. The van der Waals surface area contributed by atoms with Crippen LogP contribution in [-0.2, 0) is 0 Å². The first-order valence-electron chi connectivity index (χ1n) is 4.89. The Bertz CT molecular complexity index is 400. The second-order valence-electron chi connectivity index (χ2n) is 3.73. The average molecular weight is 224 g/mol. The standard InChI is InChI=1S/C10H12N2O4/c13-7-4-12(5-8(7)14)9-3-1-2-6(11-9)10(15)16/h1-3,7-8,13-14H,4-5H2,(H,15,16). The van der Waals surface area contributed by atoms with Gasteiger partial charge in [-0.25, -0.2) is 9.78 Å². The van der Waals surface area contributed by atoms with Gasteiger partial charge in [0.2, 0.25) is 0 Å². The van der Waals surface area contributed by atoms with E-state index in [1.54, 1.807) is 17.0 Å². The first kappa shape index (κ1) is 10.8. The molecule has 2 unspecified atom stereocenters. The van der Waals surface area contributed by atoms with E-state index in [-0.39, 0.29) is 18.8 Å². The zero-order valence-corrected chi connectivity index (χ0v) is 8.45. The third kappa shape index (κ3) is 1.98. The number of aliphatic hydroxyl groups is 2. The number of rotatable bonds is 2. The molecular weight excluding hydrogens is 212 g/mol. The van der Waals surface area contributed by atoms with E-state index < -0.39 is 18.2 Å². The van der Waals surface area contributed by atoms with Crippen LogP contribution >= 0.6 is 0 Å². The zero-order valence-electron chi connectivity index (χ0n) is 8.45. The van der Waals surface area contributed by atoms with Crippen molar-refractivity contribution in [3.63, 3.8) is 0 Å². The van der Waals surface area contributed by atoms with Crippen molar-refractivity contribution in [1.82, 2.24) is 4.98 Å². The number of carbonyl (C=O) groups is 1. The molecule has 0 spiro atoms. The number of carboxylic acids is 1. The highest BCUT2D eigenvalue weighted by Gasteiger charge is 2.30. The Labute approximate surface area is 91.8 Å². The molecule has 1 aromatic rings. The molecule has 0 saturated carbocycles. The lowest BCUT2D eigenvalue weighted by molar-refractivity contribution is 0.0572. The molecule has 86 valence electrons. The SMILES string of the molecule is O=C(O)c1cccc(N2CC(O)C(O)C2)n1. The van der Waals surface area contributed by atoms with E-state index in [1.807, 2.05) is 0 Å². The normalized spacial score (nSPS) is 24.8. The average Bonchev–Trinajstić information content (AvgIpc) is 2.59. The van der Waals surface area contributed by atoms with Crippen LogP contribution in [0.4, 0.5) is 5.82 Å². The third-order valence-corrected chi connectivity index (χ3v) is 2.54. The molecular formula is C10H12N2O4. The van der Waals surface area contributed by atoms with Crippen LogP contribution in [0.3, 0.4) is 0 Å². The summed E-state index contributed by atoms with van der Waals surface area (Å²) in [4.78, 5) is 16.3. The number of pyridine rings is 1. The summed E-state index contributed by atoms with van der Waals surface area (Å²) >= 11 is 0. The Morgan fingerprint density at radius 3 is 2.50 bits per heavy atom. The number of β-amino-alcohol motifs (C(OH)–C–C–N with tert-alkyl or cyclic N) is 2. The van der Waals surface area contributed by atoms with Gasteiger partial charge in [0.25, 0.3) is 0 Å². The van der Waals surface area contributed by atoms with Gasteiger partial charge < -0.3 is 20.2 Å². The number of aromatic nitrogens is 1. The molecule has 2 rings (SSSR count). The van der Waals surface area contributed by atoms with Crippen LogP contribution in [0.15, 0.2) is 18.2 Å². The second kappa shape index (κ2) is 4.07. The number of anilines is 1. The monoisotopic (exact) mass is 224 g/mol. The van der Waals surface area contributed by atoms with Gasteiger partial charge in [-0.2, -0.15) is 0 Å². The van der Waals surface area contributed by atoms with Gasteiger partial charge >= 0.3 is 5.97 Å². The molecule has 6 nitrogen and oxygen atoms in total. The molecule has 1 aromatic heterocycles. The summed E-state index contributed by atoms with van der Waals surface area (Å²) in [5.74, 6) is -0.641. The van der Waals surface area contributed by atoms with Gasteiger partial charge in [-0.15, -0.1) is 0 Å². The van der Waals surface area contributed by atoms with Gasteiger partial charge in [0.05, 0.1) is 12.2 Å². The van der Waals surface area contributed by atoms with E-state index in [9.17, 15) is 15.0 Å². The Balaban J connectivity index is 2.21. The zero-order chi connectivity index (χ0) is 11.7. The van der Waals surface area contributed by atoms with Gasteiger partial charge in [0.1, 0.15) is 5.82 Å². The Hall–Kier alpha value is -1.66. The van der Waals surface area contributed by atoms with Gasteiger partial charge in [-0.3, -0.25) is 0 Å². The fourth-order valence-corrected chi connectivity index (χ4v) is 1.68. The van der Waals surface area contributed by atoms with Crippen LogP contribution in [-0.4, -0.2) is 51.6 Å². The summed E-state index contributed by atoms with van der Waals surface area (Å²) in [6.07, 6.45) is -1.62. The summed E-state index contributed by atoms with van der Waals surface area (Å²) in [5.41, 5.74) is -0.0478. The first-order valence-corrected chi connectivity index (χ1v) is 4.89. The predicted molar refractivity (Wildman–Crippen MR) is 55.4 cm³/mol. The molecule has 1 fully saturated rings. The fraction of sp³-hybridized carbons (Fsp3) is 0.400. The van der Waals surface area contributed by atoms with E-state index >= 15 is 0 Å². The number of carboxylic acid groups (broad SMARTS) is 1. The topological polar surface area (TPSA) is 93.9 Å². The summed E-state index contributed by atoms with van der Waals surface area (Å²) < 4.78 is 0. The Kier molecular flexibility index (Phi) is 2.76. The lowest BCUT2D eigenvalue weighted by Crippen LogP contribution is -2.22. The highest BCUT2D eigenvalue weighted by molar-refractivity contribution is 5.85. The number of aromatic carboxylic acids is 1. The maximum atomic E-state index is 10.7. The number of hydrogen-bond acceptors (Lipinski definition) is 5. The van der Waals surface area contributed by atoms with Crippen LogP contribution in [0.5, 0.6) is 0 Å². The fourth-order valence-electron chi connectivity index (χ4n) is 1.68. The van der Waals surface area contributed by atoms with E-state index in [2.05, 4.69) is 4.98 Å². The highest BCUT2D eigenvalue weighted by Crippen LogP contribution is 2.18. The molecule has 0 radical (unpaired) electrons. The molecule has 1 aliphatic heterocycles. The van der Waals surface area contributed by atoms with Crippen molar-refractivity contribution in [2.75, 3.05) is 18.0 Å². The van der Waals surface area contributed by atoms with Crippen molar-refractivity contribution < 1.29 is 20.1 Å². The number of aliphatic hydroxyl groups excluding tert-OH is 2. The van der Waals surface area contributed by atoms with Crippen LogP contribution in [0.25, 0.3) is 0 Å². The minimum Gasteiger partial charge on any atom is -0.477 e. The summed E-state index contributed by atoms with van der Waals surface area (Å²) in [6.45, 7) is 0.522. The predicted octanol–water partition coefficient (Wildman–Crippen LogP) is -0.678. The van der Waals surface area contributed by atoms with Crippen LogP contribution < -0.4 is 4.90 Å². The molecule has 3 N–H and O–H groups in total. The molecule has 1 saturated heterocycles. The Morgan fingerprint density at radius 2 is 1.94 bits per heavy atom. The second-order valence-corrected chi connectivity index (χ2v) is 3.73. The lowest BCUT2D eigenvalue weighted by Gasteiger charge is -2.16. The third-order valence-electron chi connectivity index (χ3n) is 2.54. The molecule has 0 aliphatic carbocycles. The van der Waals surface area contributed by atoms with Gasteiger partial charge in [0.15, 0.2) is 5.69 Å². The molecule has 2 heterocycles. The molecule has 2 atom stereocenters. The van der Waals surface area contributed by atoms with Crippen molar-refractivity contribution in [3.05, 3.63) is 23.9 Å². The van der Waals surface area contributed by atoms with E-state index in [1.165, 1.54) is 6.07 Å². The summed E-state index contributed by atoms with van der Waals surface area (Å²) in [6, 6.07) is 4.63. The quantitative estimate of drug-likeness (QED) is 0.616. The van der Waals surface area contributed by atoms with Crippen molar-refractivity contribution in [3.8, 4) is 0 Å². The van der Waals surface area contributed by atoms with Gasteiger partial charge in [-0.1, -0.05) is 6.07 Å². The largest absolute Gasteiger partial charge is 0.477 e. The number of nitrogens with zero attached hydrogens (tertiary/aromatic N) is 2. The molecule has 0 aromatic carbocycles. The number of hydrogen-bond donors (Lipinski definition) is 3. The summed E-state index contributed by atoms with van der Waals surface area (Å²) in [5, 5.41) is 27.5. The van der Waals surface area contributed by atoms with E-state index in [4.69, 9.17) is 5.11 Å². The Morgan fingerprint density at radius 1 is 1.31 bits per heavy atom. The van der Waals surface area contributed by atoms with Gasteiger partial charge in [0, 0.05) is 13.1 Å². The van der Waals surface area contributed by atoms with Crippen LogP contribution in [0, 0.1) is 0 Å². The van der Waals surface area contributed by atoms with Crippen molar-refractivity contribution in [2.45, 2.75) is 12.2 Å². The lowest BCUT2D eigenvalue weighted by atomic mass is 10.3. The molecule has 1 aliphatic rings. The molecule has 6 heteroatoms. The van der Waals surface area contributed by atoms with Crippen molar-refractivity contribution in [2.24, 2.45) is 0 Å².